The van der Waals surface area contributed by atoms with Gasteiger partial charge in [-0.3, -0.25) is 24.2 Å². The van der Waals surface area contributed by atoms with Crippen molar-refractivity contribution in [3.05, 3.63) is 0 Å². The number of carboxylic acid groups (broad SMARTS) is 1. The summed E-state index contributed by atoms with van der Waals surface area (Å²) in [7, 11) is 0. The number of aliphatic imine (C=N–C) groups is 1. The molecule has 14 N–H and O–H groups in total. The van der Waals surface area contributed by atoms with E-state index in [0.29, 0.717) is 38.1 Å². The fraction of sp³-hybridized carbons (Fsp3) is 0.727. The molecule has 0 fully saturated rings. The molecule has 0 aliphatic carbocycles. The van der Waals surface area contributed by atoms with Crippen molar-refractivity contribution in [3.8, 4) is 0 Å². The highest BCUT2D eigenvalue weighted by Crippen LogP contribution is 2.07. The van der Waals surface area contributed by atoms with Crippen LogP contribution in [-0.4, -0.2) is 89.9 Å². The first-order valence-electron chi connectivity index (χ1n) is 12.3. The molecule has 0 saturated carbocycles. The average molecular weight is 562 g/mol. The molecule has 218 valence electrons. The van der Waals surface area contributed by atoms with Gasteiger partial charge in [-0.05, 0) is 63.5 Å². The summed E-state index contributed by atoms with van der Waals surface area (Å²) < 4.78 is 0. The van der Waals surface area contributed by atoms with Crippen LogP contribution in [0.4, 0.5) is 0 Å². The van der Waals surface area contributed by atoms with Gasteiger partial charge in [0.05, 0.1) is 6.04 Å². The van der Waals surface area contributed by atoms with E-state index in [0.717, 1.165) is 0 Å². The summed E-state index contributed by atoms with van der Waals surface area (Å²) in [4.78, 5) is 65.1. The number of rotatable bonds is 21. The smallest absolute Gasteiger partial charge is 0.326 e. The van der Waals surface area contributed by atoms with Gasteiger partial charge in [0.15, 0.2) is 5.96 Å². The van der Waals surface area contributed by atoms with Crippen molar-refractivity contribution in [1.82, 2.24) is 16.0 Å². The first-order chi connectivity index (χ1) is 17.9. The molecule has 0 aromatic carbocycles. The SMILES string of the molecule is CSCCC(NC(=O)C(CCCCN)NC(=O)C(N)CCCN=C(N)N)C(=O)NC(CCC(N)=O)C(=O)O. The number of amides is 4. The fourth-order valence-electron chi connectivity index (χ4n) is 3.28. The molecule has 4 unspecified atom stereocenters. The van der Waals surface area contributed by atoms with Crippen LogP contribution in [0.1, 0.15) is 51.4 Å². The van der Waals surface area contributed by atoms with Crippen LogP contribution in [0, 0.1) is 0 Å². The molecule has 0 aromatic rings. The molecule has 4 atom stereocenters. The summed E-state index contributed by atoms with van der Waals surface area (Å²) in [5.41, 5.74) is 27.1. The fourth-order valence-corrected chi connectivity index (χ4v) is 3.76. The highest BCUT2D eigenvalue weighted by Gasteiger charge is 2.30. The minimum absolute atomic E-state index is 0.0673. The predicted octanol–water partition coefficient (Wildman–Crippen LogP) is -2.95. The minimum atomic E-state index is -1.36. The summed E-state index contributed by atoms with van der Waals surface area (Å²) in [6, 6.07) is -4.34. The van der Waals surface area contributed by atoms with Crippen molar-refractivity contribution in [2.75, 3.05) is 25.1 Å². The Hall–Kier alpha value is -3.11. The number of carbonyl (C=O) groups excluding carboxylic acids is 4. The Morgan fingerprint density at radius 3 is 1.92 bits per heavy atom. The topological polar surface area (TPSA) is 284 Å². The second-order valence-electron chi connectivity index (χ2n) is 8.65. The molecule has 38 heavy (non-hydrogen) atoms. The molecule has 0 aliphatic rings. The number of nitrogens with zero attached hydrogens (tertiary/aromatic N) is 1. The molecule has 0 aromatic heterocycles. The van der Waals surface area contributed by atoms with Crippen LogP contribution < -0.4 is 44.6 Å². The van der Waals surface area contributed by atoms with Crippen LogP contribution in [0.5, 0.6) is 0 Å². The van der Waals surface area contributed by atoms with E-state index in [9.17, 15) is 29.1 Å². The minimum Gasteiger partial charge on any atom is -0.480 e. The third kappa shape index (κ3) is 15.9. The molecule has 15 nitrogen and oxygen atoms in total. The second-order valence-corrected chi connectivity index (χ2v) is 9.63. The van der Waals surface area contributed by atoms with Crippen molar-refractivity contribution < 1.29 is 29.1 Å². The van der Waals surface area contributed by atoms with Gasteiger partial charge >= 0.3 is 5.97 Å². The Morgan fingerprint density at radius 1 is 0.816 bits per heavy atom. The van der Waals surface area contributed by atoms with Crippen LogP contribution in [0.3, 0.4) is 0 Å². The number of carbonyl (C=O) groups is 5. The lowest BCUT2D eigenvalue weighted by atomic mass is 10.1. The Balaban J connectivity index is 5.42. The standard InChI is InChI=1S/C22H43N9O6S/c1-38-12-9-15(20(35)31-16(21(36)37)7-8-17(25)32)30-19(34)14(6-2-3-10-23)29-18(33)13(24)5-4-11-28-22(26)27/h13-16H,2-12,23-24H2,1H3,(H2,25,32)(H,29,33)(H,30,34)(H,31,35)(H,36,37)(H4,26,27,28). The van der Waals surface area contributed by atoms with E-state index in [1.807, 2.05) is 6.26 Å². The summed E-state index contributed by atoms with van der Waals surface area (Å²) in [6.45, 7) is 0.694. The number of aliphatic carboxylic acids is 1. The molecule has 0 radical (unpaired) electrons. The molecule has 0 aliphatic heterocycles. The normalized spacial score (nSPS) is 13.9. The van der Waals surface area contributed by atoms with Crippen molar-refractivity contribution in [2.45, 2.75) is 75.5 Å². The van der Waals surface area contributed by atoms with Crippen molar-refractivity contribution in [3.63, 3.8) is 0 Å². The number of hydrogen-bond acceptors (Lipinski definition) is 9. The number of hydrogen-bond donors (Lipinski definition) is 9. The van der Waals surface area contributed by atoms with E-state index in [2.05, 4.69) is 20.9 Å². The predicted molar refractivity (Wildman–Crippen MR) is 146 cm³/mol. The number of guanidine groups is 1. The van der Waals surface area contributed by atoms with E-state index in [1.54, 1.807) is 0 Å². The zero-order valence-electron chi connectivity index (χ0n) is 21.8. The van der Waals surface area contributed by atoms with Crippen molar-refractivity contribution in [2.24, 2.45) is 33.7 Å². The molecule has 4 amide bonds. The summed E-state index contributed by atoms with van der Waals surface area (Å²) in [5.74, 6) is -3.52. The Labute approximate surface area is 226 Å². The number of thioether (sulfide) groups is 1. The number of nitrogens with two attached hydrogens (primary N) is 5. The third-order valence-corrected chi connectivity index (χ3v) is 6.07. The lowest BCUT2D eigenvalue weighted by Crippen LogP contribution is -2.57. The Morgan fingerprint density at radius 2 is 1.39 bits per heavy atom. The summed E-state index contributed by atoms with van der Waals surface area (Å²) in [5, 5.41) is 17.0. The third-order valence-electron chi connectivity index (χ3n) is 5.42. The first-order valence-corrected chi connectivity index (χ1v) is 13.7. The Bertz CT molecular complexity index is 810. The van der Waals surface area contributed by atoms with Crippen molar-refractivity contribution in [1.29, 1.82) is 0 Å². The van der Waals surface area contributed by atoms with E-state index < -0.39 is 53.8 Å². The monoisotopic (exact) mass is 561 g/mol. The molecule has 0 bridgehead atoms. The molecule has 0 saturated heterocycles. The highest BCUT2D eigenvalue weighted by molar-refractivity contribution is 7.98. The van der Waals surface area contributed by atoms with E-state index in [1.165, 1.54) is 11.8 Å². The Kier molecular flexibility index (Phi) is 18.3. The number of nitrogens with one attached hydrogen (secondary N) is 3. The van der Waals surface area contributed by atoms with Crippen LogP contribution >= 0.6 is 11.8 Å². The maximum Gasteiger partial charge on any atom is 0.326 e. The quantitative estimate of drug-likeness (QED) is 0.0388. The van der Waals surface area contributed by atoms with Crippen molar-refractivity contribution >= 4 is 47.3 Å². The summed E-state index contributed by atoms with van der Waals surface area (Å²) >= 11 is 1.43. The lowest BCUT2D eigenvalue weighted by molar-refractivity contribution is -0.142. The van der Waals surface area contributed by atoms with Gasteiger partial charge in [-0.2, -0.15) is 11.8 Å². The van der Waals surface area contributed by atoms with Gasteiger partial charge in [0, 0.05) is 13.0 Å². The molecule has 0 spiro atoms. The van der Waals surface area contributed by atoms with E-state index >= 15 is 0 Å². The molecular formula is C22H43N9O6S. The van der Waals surface area contributed by atoms with E-state index in [4.69, 9.17) is 28.7 Å². The number of primary amides is 1. The van der Waals surface area contributed by atoms with Crippen LogP contribution in [0.25, 0.3) is 0 Å². The van der Waals surface area contributed by atoms with E-state index in [-0.39, 0.29) is 38.1 Å². The zero-order valence-corrected chi connectivity index (χ0v) is 22.6. The van der Waals surface area contributed by atoms with Gasteiger partial charge in [-0.1, -0.05) is 0 Å². The first kappa shape index (κ1) is 34.9. The maximum absolute atomic E-state index is 13.1. The number of unbranched alkanes of at least 4 members (excludes halogenated alkanes) is 1. The van der Waals surface area contributed by atoms with Gasteiger partial charge in [0.2, 0.25) is 23.6 Å². The largest absolute Gasteiger partial charge is 0.480 e. The van der Waals surface area contributed by atoms with Crippen LogP contribution in [0.15, 0.2) is 4.99 Å². The van der Waals surface area contributed by atoms with Gasteiger partial charge in [-0.25, -0.2) is 4.79 Å². The number of carboxylic acids is 1. The van der Waals surface area contributed by atoms with Crippen LogP contribution in [0.2, 0.25) is 0 Å². The van der Waals surface area contributed by atoms with Crippen LogP contribution in [-0.2, 0) is 24.0 Å². The van der Waals surface area contributed by atoms with Gasteiger partial charge < -0.3 is 49.7 Å². The molecule has 16 heteroatoms. The van der Waals surface area contributed by atoms with Gasteiger partial charge in [-0.15, -0.1) is 0 Å². The summed E-state index contributed by atoms with van der Waals surface area (Å²) in [6.07, 6.45) is 3.71. The van der Waals surface area contributed by atoms with Gasteiger partial charge in [0.25, 0.3) is 0 Å². The molecular weight excluding hydrogens is 518 g/mol. The van der Waals surface area contributed by atoms with Gasteiger partial charge in [0.1, 0.15) is 18.1 Å². The average Bonchev–Trinajstić information content (AvgIpc) is 2.85. The molecule has 0 rings (SSSR count). The second kappa shape index (κ2) is 19.9. The molecule has 0 heterocycles. The lowest BCUT2D eigenvalue weighted by Gasteiger charge is -2.25. The zero-order chi connectivity index (χ0) is 29.1. The maximum atomic E-state index is 13.1. The highest BCUT2D eigenvalue weighted by atomic mass is 32.2.